The molecule has 0 spiro atoms. The molecule has 3 fully saturated rings. The third kappa shape index (κ3) is 2.26. The molecule has 7 atom stereocenters. The lowest BCUT2D eigenvalue weighted by Crippen LogP contribution is -2.69. The summed E-state index contributed by atoms with van der Waals surface area (Å²) in [5.41, 5.74) is -1.41. The molecule has 0 saturated heterocycles. The number of aliphatic hydroxyl groups excluding tert-OH is 2. The van der Waals surface area contributed by atoms with Gasteiger partial charge in [-0.25, -0.2) is 0 Å². The van der Waals surface area contributed by atoms with E-state index in [-0.39, 0.29) is 16.7 Å². The lowest BCUT2D eigenvalue weighted by Gasteiger charge is -2.66. The van der Waals surface area contributed by atoms with Crippen molar-refractivity contribution in [2.45, 2.75) is 84.0 Å². The summed E-state index contributed by atoms with van der Waals surface area (Å²) in [6.07, 6.45) is 5.56. The van der Waals surface area contributed by atoms with E-state index < -0.39 is 23.2 Å². The van der Waals surface area contributed by atoms with Gasteiger partial charge in [0.25, 0.3) is 0 Å². The molecular formula is C20H34O3. The summed E-state index contributed by atoms with van der Waals surface area (Å²) in [5.74, 6) is 0.236. The van der Waals surface area contributed by atoms with E-state index in [1.165, 1.54) is 6.42 Å². The highest BCUT2D eigenvalue weighted by atomic mass is 16.3. The molecule has 0 aromatic rings. The van der Waals surface area contributed by atoms with E-state index in [1.807, 2.05) is 6.92 Å². The average Bonchev–Trinajstić information content (AvgIpc) is 2.43. The molecule has 0 aromatic carbocycles. The van der Waals surface area contributed by atoms with Crippen molar-refractivity contribution in [3.63, 3.8) is 0 Å². The van der Waals surface area contributed by atoms with Crippen LogP contribution in [0.2, 0.25) is 0 Å². The van der Waals surface area contributed by atoms with Gasteiger partial charge in [-0.15, -0.1) is 6.58 Å². The van der Waals surface area contributed by atoms with Crippen molar-refractivity contribution in [1.82, 2.24) is 0 Å². The van der Waals surface area contributed by atoms with E-state index >= 15 is 0 Å². The molecule has 3 aliphatic rings. The fraction of sp³-hybridized carbons (Fsp3) is 0.900. The van der Waals surface area contributed by atoms with Gasteiger partial charge in [0.05, 0.1) is 17.8 Å². The van der Waals surface area contributed by atoms with Crippen LogP contribution in [0.15, 0.2) is 12.7 Å². The van der Waals surface area contributed by atoms with E-state index in [0.717, 1.165) is 19.3 Å². The first-order chi connectivity index (χ1) is 10.5. The van der Waals surface area contributed by atoms with Gasteiger partial charge in [0.1, 0.15) is 0 Å². The highest BCUT2D eigenvalue weighted by Crippen LogP contribution is 2.66. The Morgan fingerprint density at radius 3 is 2.30 bits per heavy atom. The van der Waals surface area contributed by atoms with Crippen LogP contribution in [-0.4, -0.2) is 33.1 Å². The maximum absolute atomic E-state index is 11.5. The Kier molecular flexibility index (Phi) is 3.84. The normalized spacial score (nSPS) is 55.6. The summed E-state index contributed by atoms with van der Waals surface area (Å²) < 4.78 is 0. The van der Waals surface area contributed by atoms with Crippen LogP contribution in [0.4, 0.5) is 0 Å². The average molecular weight is 322 g/mol. The Morgan fingerprint density at radius 1 is 1.04 bits per heavy atom. The molecule has 0 bridgehead atoms. The molecule has 132 valence electrons. The lowest BCUT2D eigenvalue weighted by molar-refractivity contribution is -0.265. The predicted octanol–water partition coefficient (Wildman–Crippen LogP) is 3.28. The van der Waals surface area contributed by atoms with Crippen molar-refractivity contribution in [2.75, 3.05) is 0 Å². The van der Waals surface area contributed by atoms with Crippen LogP contribution in [0, 0.1) is 28.1 Å². The maximum Gasteiger partial charge on any atom is 0.0891 e. The quantitative estimate of drug-likeness (QED) is 0.649. The van der Waals surface area contributed by atoms with Gasteiger partial charge in [-0.2, -0.15) is 0 Å². The fourth-order valence-corrected chi connectivity index (χ4v) is 6.86. The number of hydrogen-bond acceptors (Lipinski definition) is 3. The molecule has 3 saturated carbocycles. The van der Waals surface area contributed by atoms with E-state index in [1.54, 1.807) is 6.08 Å². The van der Waals surface area contributed by atoms with Gasteiger partial charge in [0, 0.05) is 11.3 Å². The van der Waals surface area contributed by atoms with Crippen molar-refractivity contribution >= 4 is 0 Å². The summed E-state index contributed by atoms with van der Waals surface area (Å²) in [5, 5.41) is 33.3. The summed E-state index contributed by atoms with van der Waals surface area (Å²) in [7, 11) is 0. The first-order valence-corrected chi connectivity index (χ1v) is 9.22. The van der Waals surface area contributed by atoms with Crippen molar-refractivity contribution in [2.24, 2.45) is 28.1 Å². The number of hydrogen-bond donors (Lipinski definition) is 3. The molecule has 0 unspecified atom stereocenters. The zero-order valence-corrected chi connectivity index (χ0v) is 15.2. The molecule has 0 aromatic heterocycles. The van der Waals surface area contributed by atoms with Crippen LogP contribution in [0.25, 0.3) is 0 Å². The largest absolute Gasteiger partial charge is 0.390 e. The monoisotopic (exact) mass is 322 g/mol. The third-order valence-corrected chi connectivity index (χ3v) is 7.93. The van der Waals surface area contributed by atoms with E-state index in [9.17, 15) is 15.3 Å². The van der Waals surface area contributed by atoms with E-state index in [2.05, 4.69) is 27.4 Å². The molecule has 3 aliphatic carbocycles. The molecule has 23 heavy (non-hydrogen) atoms. The molecule has 3 heteroatoms. The summed E-state index contributed by atoms with van der Waals surface area (Å²) in [6, 6.07) is 0. The Hall–Kier alpha value is -0.380. The van der Waals surface area contributed by atoms with Crippen LogP contribution < -0.4 is 0 Å². The molecular weight excluding hydrogens is 288 g/mol. The zero-order chi connectivity index (χ0) is 17.3. The summed E-state index contributed by atoms with van der Waals surface area (Å²) >= 11 is 0. The van der Waals surface area contributed by atoms with E-state index in [0.29, 0.717) is 18.8 Å². The van der Waals surface area contributed by atoms with Crippen LogP contribution in [0.5, 0.6) is 0 Å². The molecule has 3 N–H and O–H groups in total. The molecule has 0 heterocycles. The highest BCUT2D eigenvalue weighted by molar-refractivity contribution is 5.19. The molecule has 0 radical (unpaired) electrons. The van der Waals surface area contributed by atoms with Crippen LogP contribution >= 0.6 is 0 Å². The molecule has 0 aliphatic heterocycles. The third-order valence-electron chi connectivity index (χ3n) is 7.93. The van der Waals surface area contributed by atoms with Gasteiger partial charge in [0.2, 0.25) is 0 Å². The van der Waals surface area contributed by atoms with Gasteiger partial charge in [-0.1, -0.05) is 40.2 Å². The first kappa shape index (κ1) is 17.4. The number of fused-ring (bicyclic) bond motifs is 3. The Bertz CT molecular complexity index is 501. The first-order valence-electron chi connectivity index (χ1n) is 9.22. The minimum absolute atomic E-state index is 0.113. The van der Waals surface area contributed by atoms with Crippen LogP contribution in [0.1, 0.15) is 66.2 Å². The van der Waals surface area contributed by atoms with Crippen LogP contribution in [0.3, 0.4) is 0 Å². The van der Waals surface area contributed by atoms with Crippen molar-refractivity contribution in [3.05, 3.63) is 12.7 Å². The topological polar surface area (TPSA) is 60.7 Å². The second-order valence-electron chi connectivity index (χ2n) is 9.84. The highest BCUT2D eigenvalue weighted by Gasteiger charge is 2.66. The van der Waals surface area contributed by atoms with E-state index in [4.69, 9.17) is 0 Å². The number of aliphatic hydroxyl groups is 3. The zero-order valence-electron chi connectivity index (χ0n) is 15.2. The second kappa shape index (κ2) is 5.06. The van der Waals surface area contributed by atoms with Crippen molar-refractivity contribution < 1.29 is 15.3 Å². The Balaban J connectivity index is 2.05. The fourth-order valence-electron chi connectivity index (χ4n) is 6.86. The second-order valence-corrected chi connectivity index (χ2v) is 9.84. The van der Waals surface area contributed by atoms with Crippen molar-refractivity contribution in [1.29, 1.82) is 0 Å². The van der Waals surface area contributed by atoms with Crippen molar-refractivity contribution in [3.8, 4) is 0 Å². The maximum atomic E-state index is 11.5. The summed E-state index contributed by atoms with van der Waals surface area (Å²) in [6.45, 7) is 12.7. The van der Waals surface area contributed by atoms with Gasteiger partial charge in [0.15, 0.2) is 0 Å². The molecule has 3 rings (SSSR count). The smallest absolute Gasteiger partial charge is 0.0891 e. The van der Waals surface area contributed by atoms with Gasteiger partial charge in [-0.3, -0.25) is 0 Å². The van der Waals surface area contributed by atoms with Gasteiger partial charge in [-0.05, 0) is 48.9 Å². The standard InChI is InChI=1S/C20H34O3/c1-6-18(4)12-20(23)11-8-13-17(2,3)9-7-10-19(13,5)15(20)14(21)16(18)22/h6,13-16,21-23H,1,7-12H2,2-5H3/t13-,14-,15+,16+,18+,19-,20+/m0/s1. The van der Waals surface area contributed by atoms with Gasteiger partial charge < -0.3 is 15.3 Å². The van der Waals surface area contributed by atoms with Crippen LogP contribution in [-0.2, 0) is 0 Å². The minimum Gasteiger partial charge on any atom is -0.390 e. The predicted molar refractivity (Wildman–Crippen MR) is 91.8 cm³/mol. The lowest BCUT2D eigenvalue weighted by atomic mass is 9.41. The Morgan fingerprint density at radius 2 is 1.70 bits per heavy atom. The molecule has 0 amide bonds. The minimum atomic E-state index is -0.903. The van der Waals surface area contributed by atoms with Gasteiger partial charge >= 0.3 is 0 Å². The molecule has 3 nitrogen and oxygen atoms in total. The number of rotatable bonds is 1. The summed E-state index contributed by atoms with van der Waals surface area (Å²) in [4.78, 5) is 0. The SMILES string of the molecule is C=C[C@]1(C)C[C@]2(O)CC[C@H]3C(C)(C)CCC[C@]3(C)[C@H]2[C@H](O)[C@H]1O. The Labute approximate surface area is 140 Å².